The normalized spacial score (nSPS) is 13.7. The summed E-state index contributed by atoms with van der Waals surface area (Å²) in [7, 11) is 0. The molecule has 0 N–H and O–H groups in total. The number of esters is 1. The Morgan fingerprint density at radius 3 is 2.39 bits per heavy atom. The third-order valence-electron chi connectivity index (χ3n) is 7.74. The highest BCUT2D eigenvalue weighted by Crippen LogP contribution is 2.28. The number of benzene rings is 3. The third kappa shape index (κ3) is 8.78. The van der Waals surface area contributed by atoms with E-state index in [1.807, 2.05) is 6.92 Å². The van der Waals surface area contributed by atoms with Crippen LogP contribution in [0.1, 0.15) is 52.9 Å². The van der Waals surface area contributed by atoms with Gasteiger partial charge in [0.25, 0.3) is 0 Å². The van der Waals surface area contributed by atoms with Gasteiger partial charge in [-0.05, 0) is 92.6 Å². The van der Waals surface area contributed by atoms with E-state index in [1.165, 1.54) is 6.42 Å². The molecule has 1 aliphatic carbocycles. The van der Waals surface area contributed by atoms with Gasteiger partial charge in [-0.2, -0.15) is 9.67 Å². The van der Waals surface area contributed by atoms with E-state index in [9.17, 15) is 14.4 Å². The van der Waals surface area contributed by atoms with Crippen molar-refractivity contribution in [3.63, 3.8) is 0 Å². The minimum absolute atomic E-state index is 0.117. The second-order valence-corrected chi connectivity index (χ2v) is 11.9. The van der Waals surface area contributed by atoms with Gasteiger partial charge in [0.1, 0.15) is 17.0 Å². The van der Waals surface area contributed by atoms with Crippen LogP contribution in [0.15, 0.2) is 75.9 Å². The van der Waals surface area contributed by atoms with E-state index in [4.69, 9.17) is 41.8 Å². The van der Waals surface area contributed by atoms with Crippen LogP contribution in [0.2, 0.25) is 10.0 Å². The molecule has 258 valence electrons. The number of amides is 1. The number of fused-ring (bicyclic) bond motifs is 1. The number of hydrogen-bond donors (Lipinski definition) is 0. The highest BCUT2D eigenvalue weighted by Gasteiger charge is 2.28. The SMILES string of the molecule is CCN(C(=O)n1nnn(-c2ccccc2Cl)c1=O)C1CCCCC1.CCOC(=O)[C@@H](C)Oc1ccc(Oc2nc3ccc(Cl)cc3o2)cc1. The molecule has 15 heteroatoms. The lowest BCUT2D eigenvalue weighted by molar-refractivity contribution is -0.150. The van der Waals surface area contributed by atoms with E-state index in [0.717, 1.165) is 35.0 Å². The number of halogens is 2. The van der Waals surface area contributed by atoms with Crippen molar-refractivity contribution < 1.29 is 28.2 Å². The summed E-state index contributed by atoms with van der Waals surface area (Å²) in [6.45, 7) is 6.14. The van der Waals surface area contributed by atoms with Crippen molar-refractivity contribution in [2.45, 2.75) is 65.0 Å². The van der Waals surface area contributed by atoms with Crippen LogP contribution < -0.4 is 15.2 Å². The molecule has 13 nitrogen and oxygen atoms in total. The Morgan fingerprint density at radius 1 is 0.980 bits per heavy atom. The molecule has 2 heterocycles. The third-order valence-corrected chi connectivity index (χ3v) is 8.29. The van der Waals surface area contributed by atoms with Gasteiger partial charge in [0.15, 0.2) is 11.7 Å². The molecule has 1 fully saturated rings. The Balaban J connectivity index is 0.000000191. The largest absolute Gasteiger partial charge is 0.479 e. The summed E-state index contributed by atoms with van der Waals surface area (Å²) < 4.78 is 23.4. The first kappa shape index (κ1) is 35.4. The Morgan fingerprint density at radius 2 is 1.69 bits per heavy atom. The average Bonchev–Trinajstić information content (AvgIpc) is 3.69. The number of ether oxygens (including phenoxy) is 3. The molecule has 0 saturated heterocycles. The Labute approximate surface area is 292 Å². The maximum Gasteiger partial charge on any atom is 0.400 e. The lowest BCUT2D eigenvalue weighted by Gasteiger charge is -2.32. The molecule has 49 heavy (non-hydrogen) atoms. The smallest absolute Gasteiger partial charge is 0.400 e. The van der Waals surface area contributed by atoms with Gasteiger partial charge in [-0.3, -0.25) is 0 Å². The van der Waals surface area contributed by atoms with Crippen LogP contribution in [-0.4, -0.2) is 67.0 Å². The lowest BCUT2D eigenvalue weighted by Crippen LogP contribution is -2.46. The van der Waals surface area contributed by atoms with Crippen molar-refractivity contribution in [2.24, 2.45) is 0 Å². The van der Waals surface area contributed by atoms with E-state index in [1.54, 1.807) is 85.5 Å². The zero-order valence-electron chi connectivity index (χ0n) is 27.3. The second kappa shape index (κ2) is 16.5. The number of nitrogens with zero attached hydrogens (tertiary/aromatic N) is 6. The van der Waals surface area contributed by atoms with Crippen molar-refractivity contribution in [3.05, 3.63) is 87.3 Å². The molecule has 3 aromatic carbocycles. The first-order valence-electron chi connectivity index (χ1n) is 16.0. The van der Waals surface area contributed by atoms with Crippen molar-refractivity contribution in [1.29, 1.82) is 0 Å². The number of carbonyl (C=O) groups is 2. The zero-order valence-corrected chi connectivity index (χ0v) is 28.8. The number of hydrogen-bond acceptors (Lipinski definition) is 10. The van der Waals surface area contributed by atoms with Gasteiger partial charge in [0, 0.05) is 23.7 Å². The van der Waals surface area contributed by atoms with Crippen LogP contribution >= 0.6 is 23.2 Å². The molecule has 0 aliphatic heterocycles. The molecule has 0 radical (unpaired) electrons. The van der Waals surface area contributed by atoms with Gasteiger partial charge in [0.2, 0.25) is 0 Å². The van der Waals surface area contributed by atoms with Crippen LogP contribution in [-0.2, 0) is 9.53 Å². The van der Waals surface area contributed by atoms with Crippen molar-refractivity contribution >= 4 is 46.3 Å². The predicted molar refractivity (Wildman–Crippen MR) is 183 cm³/mol. The summed E-state index contributed by atoms with van der Waals surface area (Å²) >= 11 is 12.0. The summed E-state index contributed by atoms with van der Waals surface area (Å²) in [6, 6.07) is 18.5. The molecule has 0 unspecified atom stereocenters. The minimum Gasteiger partial charge on any atom is -0.479 e. The highest BCUT2D eigenvalue weighted by molar-refractivity contribution is 6.32. The summed E-state index contributed by atoms with van der Waals surface area (Å²) in [4.78, 5) is 42.8. The topological polar surface area (TPSA) is 144 Å². The molecule has 1 atom stereocenters. The van der Waals surface area contributed by atoms with E-state index < -0.39 is 23.8 Å². The molecule has 2 aromatic heterocycles. The number of tetrazole rings is 1. The fourth-order valence-corrected chi connectivity index (χ4v) is 5.70. The first-order chi connectivity index (χ1) is 23.7. The summed E-state index contributed by atoms with van der Waals surface area (Å²) in [6.07, 6.45) is 4.77. The van der Waals surface area contributed by atoms with Crippen LogP contribution in [0.5, 0.6) is 17.6 Å². The first-order valence-corrected chi connectivity index (χ1v) is 16.7. The molecule has 1 aliphatic rings. The van der Waals surface area contributed by atoms with Crippen molar-refractivity contribution in [1.82, 2.24) is 29.7 Å². The summed E-state index contributed by atoms with van der Waals surface area (Å²) in [5.74, 6) is 0.638. The van der Waals surface area contributed by atoms with Gasteiger partial charge in [-0.1, -0.05) is 54.6 Å². The Bertz CT molecular complexity index is 1940. The fourth-order valence-electron chi connectivity index (χ4n) is 5.32. The second-order valence-electron chi connectivity index (χ2n) is 11.1. The molecule has 5 aromatic rings. The highest BCUT2D eigenvalue weighted by atomic mass is 35.5. The fraction of sp³-hybridized carbons (Fsp3) is 0.353. The summed E-state index contributed by atoms with van der Waals surface area (Å²) in [5.41, 5.74) is 1.000. The monoisotopic (exact) mass is 710 g/mol. The molecule has 1 amide bonds. The Hall–Kier alpha value is -4.88. The van der Waals surface area contributed by atoms with Gasteiger partial charge < -0.3 is 23.5 Å². The van der Waals surface area contributed by atoms with Crippen LogP contribution in [0.25, 0.3) is 16.8 Å². The number of rotatable bonds is 9. The van der Waals surface area contributed by atoms with Crippen LogP contribution in [0, 0.1) is 0 Å². The predicted octanol–water partition coefficient (Wildman–Crippen LogP) is 7.31. The molecule has 0 bridgehead atoms. The van der Waals surface area contributed by atoms with E-state index in [2.05, 4.69) is 15.4 Å². The van der Waals surface area contributed by atoms with E-state index in [0.29, 0.717) is 51.5 Å². The molecule has 0 spiro atoms. The summed E-state index contributed by atoms with van der Waals surface area (Å²) in [5, 5.41) is 8.52. The number of carbonyl (C=O) groups excluding carboxylic acids is 2. The van der Waals surface area contributed by atoms with E-state index >= 15 is 0 Å². The number of para-hydroxylation sites is 1. The lowest BCUT2D eigenvalue weighted by atomic mass is 9.94. The maximum absolute atomic E-state index is 12.8. The maximum atomic E-state index is 12.8. The molecular weight excluding hydrogens is 675 g/mol. The van der Waals surface area contributed by atoms with Crippen molar-refractivity contribution in [3.8, 4) is 23.3 Å². The van der Waals surface area contributed by atoms with E-state index in [-0.39, 0.29) is 12.1 Å². The van der Waals surface area contributed by atoms with Gasteiger partial charge in [0.05, 0.1) is 17.3 Å². The average molecular weight is 712 g/mol. The van der Waals surface area contributed by atoms with Gasteiger partial charge in [-0.15, -0.1) is 4.68 Å². The van der Waals surface area contributed by atoms with Gasteiger partial charge in [-0.25, -0.2) is 14.4 Å². The van der Waals surface area contributed by atoms with Crippen LogP contribution in [0.4, 0.5) is 4.79 Å². The zero-order chi connectivity index (χ0) is 34.9. The molecular formula is C34H36Cl2N6O7. The Kier molecular flexibility index (Phi) is 11.9. The number of aromatic nitrogens is 5. The minimum atomic E-state index is -0.687. The molecule has 6 rings (SSSR count). The number of oxazole rings is 1. The quantitative estimate of drug-likeness (QED) is 0.113. The van der Waals surface area contributed by atoms with Crippen molar-refractivity contribution in [2.75, 3.05) is 13.2 Å². The standard InChI is InChI=1S/C18H16ClNO5.C16H20ClN5O2/c1-3-22-17(21)11(2)23-13-5-7-14(8-6-13)24-18-20-15-9-4-12(19)10-16(15)25-18;1-2-20(12-8-4-3-5-9-12)15(23)22-16(24)21(18-19-22)14-11-7-6-10-13(14)17/h4-11H,3H2,1-2H3;6-7,10-12H,2-5,8-9H2,1H3/t11-;/m1./s1. The van der Waals surface area contributed by atoms with Gasteiger partial charge >= 0.3 is 23.8 Å². The molecule has 1 saturated carbocycles. The van der Waals surface area contributed by atoms with Crippen LogP contribution in [0.3, 0.4) is 0 Å².